The van der Waals surface area contributed by atoms with Gasteiger partial charge in [-0.15, -0.1) is 0 Å². The fraction of sp³-hybridized carbons (Fsp3) is 0.762. The number of nitrogens with two attached hydrogens (primary N) is 1. The summed E-state index contributed by atoms with van der Waals surface area (Å²) in [6.45, 7) is 7.55. The number of primary amides is 1. The number of aliphatic hydroxyl groups excluding tert-OH is 2. The molecule has 0 aromatic heterocycles. The monoisotopic (exact) mass is 485 g/mol. The number of hydrogen-bond acceptors (Lipinski definition) is 8. The lowest BCUT2D eigenvalue weighted by atomic mass is 9.85. The number of rotatable bonds is 8. The summed E-state index contributed by atoms with van der Waals surface area (Å²) in [5, 5.41) is 24.4. The molecule has 2 heterocycles. The molecule has 2 saturated heterocycles. The molecule has 0 aliphatic carbocycles. The molecule has 6 N–H and O–H groups in total. The number of hydrogen-bond donors (Lipinski definition) is 5. The van der Waals surface area contributed by atoms with Crippen LogP contribution in [-0.4, -0.2) is 105 Å². The van der Waals surface area contributed by atoms with Crippen LogP contribution in [0.5, 0.6) is 0 Å². The van der Waals surface area contributed by atoms with E-state index >= 15 is 0 Å². The van der Waals surface area contributed by atoms with Gasteiger partial charge in [-0.1, -0.05) is 0 Å². The number of carbonyl (C=O) groups excluding carboxylic acids is 5. The van der Waals surface area contributed by atoms with E-state index in [4.69, 9.17) is 10.5 Å². The Bertz CT molecular complexity index is 840. The van der Waals surface area contributed by atoms with Gasteiger partial charge in [-0.25, -0.2) is 4.79 Å². The molecule has 0 aromatic carbocycles. The van der Waals surface area contributed by atoms with Crippen molar-refractivity contribution < 1.29 is 38.9 Å². The number of nitrogens with one attached hydrogen (secondary N) is 2. The van der Waals surface area contributed by atoms with Crippen LogP contribution in [0.15, 0.2) is 0 Å². The standard InChI is InChI=1S/C21H35N5O8/c1-11(27)14(16(22)30)23-13(29)9-25-10-21(18(25)32)7-6-8-26(21)17(31)15(12(2)28)24-19(33)34-20(3,4)5/h11-12,14-15,27-28H,6-10H2,1-5H3,(H2,22,30)(H,23,29)(H,24,33)/t11-,12-,14+,15+,21?/m1/s1. The molecule has 192 valence electrons. The zero-order valence-electron chi connectivity index (χ0n) is 20.2. The third-order valence-corrected chi connectivity index (χ3v) is 5.75. The Morgan fingerprint density at radius 1 is 1.12 bits per heavy atom. The SMILES string of the molecule is C[C@@H](O)[C@H](NC(=O)CN1CC2(CCCN2C(=O)[C@@H](NC(=O)OC(C)(C)C)[C@@H](C)O)C1=O)C(N)=O. The minimum Gasteiger partial charge on any atom is -0.444 e. The van der Waals surface area contributed by atoms with Gasteiger partial charge in [0, 0.05) is 6.54 Å². The van der Waals surface area contributed by atoms with E-state index in [0.717, 1.165) is 0 Å². The van der Waals surface area contributed by atoms with Crippen molar-refractivity contribution in [1.29, 1.82) is 0 Å². The maximum atomic E-state index is 13.2. The van der Waals surface area contributed by atoms with Crippen molar-refractivity contribution in [2.24, 2.45) is 5.73 Å². The predicted octanol–water partition coefficient (Wildman–Crippen LogP) is -2.19. The highest BCUT2D eigenvalue weighted by Crippen LogP contribution is 2.39. The molecule has 13 nitrogen and oxygen atoms in total. The first kappa shape index (κ1) is 27.3. The lowest BCUT2D eigenvalue weighted by Crippen LogP contribution is -2.75. The topological polar surface area (TPSA) is 192 Å². The van der Waals surface area contributed by atoms with Gasteiger partial charge >= 0.3 is 6.09 Å². The van der Waals surface area contributed by atoms with Gasteiger partial charge in [0.05, 0.1) is 25.3 Å². The second-order valence-electron chi connectivity index (χ2n) is 9.84. The smallest absolute Gasteiger partial charge is 0.408 e. The van der Waals surface area contributed by atoms with Crippen LogP contribution >= 0.6 is 0 Å². The number of nitrogens with zero attached hydrogens (tertiary/aromatic N) is 2. The number of β-lactam (4-membered cyclic amide) rings is 1. The summed E-state index contributed by atoms with van der Waals surface area (Å²) in [6.07, 6.45) is -2.44. The molecule has 0 aromatic rings. The van der Waals surface area contributed by atoms with E-state index in [1.807, 2.05) is 0 Å². The summed E-state index contributed by atoms with van der Waals surface area (Å²) in [4.78, 5) is 64.6. The average molecular weight is 486 g/mol. The Morgan fingerprint density at radius 3 is 2.18 bits per heavy atom. The summed E-state index contributed by atoms with van der Waals surface area (Å²) in [6, 6.07) is -2.62. The fourth-order valence-electron chi connectivity index (χ4n) is 4.19. The molecule has 5 atom stereocenters. The van der Waals surface area contributed by atoms with Crippen LogP contribution in [0.4, 0.5) is 4.79 Å². The first-order chi connectivity index (χ1) is 15.6. The van der Waals surface area contributed by atoms with E-state index in [1.165, 1.54) is 23.6 Å². The maximum Gasteiger partial charge on any atom is 0.408 e. The molecule has 34 heavy (non-hydrogen) atoms. The second kappa shape index (κ2) is 10.1. The van der Waals surface area contributed by atoms with E-state index in [1.54, 1.807) is 20.8 Å². The van der Waals surface area contributed by atoms with Crippen molar-refractivity contribution in [3.63, 3.8) is 0 Å². The van der Waals surface area contributed by atoms with Gasteiger partial charge < -0.3 is 41.1 Å². The van der Waals surface area contributed by atoms with Gasteiger partial charge in [-0.3, -0.25) is 19.2 Å². The van der Waals surface area contributed by atoms with Crippen molar-refractivity contribution in [3.05, 3.63) is 0 Å². The molecule has 0 saturated carbocycles. The molecule has 2 aliphatic heterocycles. The zero-order valence-corrected chi connectivity index (χ0v) is 20.2. The van der Waals surface area contributed by atoms with Crippen molar-refractivity contribution >= 4 is 29.7 Å². The molecule has 2 rings (SSSR count). The molecule has 13 heteroatoms. The van der Waals surface area contributed by atoms with Crippen molar-refractivity contribution in [2.45, 2.75) is 82.9 Å². The molecular formula is C21H35N5O8. The molecule has 0 radical (unpaired) electrons. The van der Waals surface area contributed by atoms with Gasteiger partial charge in [0.15, 0.2) is 0 Å². The van der Waals surface area contributed by atoms with E-state index in [0.29, 0.717) is 12.8 Å². The van der Waals surface area contributed by atoms with Crippen LogP contribution in [0.2, 0.25) is 0 Å². The van der Waals surface area contributed by atoms with Crippen molar-refractivity contribution in [3.8, 4) is 0 Å². The van der Waals surface area contributed by atoms with E-state index in [2.05, 4.69) is 10.6 Å². The Balaban J connectivity index is 2.07. The number of alkyl carbamates (subject to hydrolysis) is 1. The number of amides is 5. The molecule has 1 unspecified atom stereocenters. The Hall–Kier alpha value is -2.93. The largest absolute Gasteiger partial charge is 0.444 e. The molecule has 1 spiro atoms. The van der Waals surface area contributed by atoms with Crippen LogP contribution < -0.4 is 16.4 Å². The Morgan fingerprint density at radius 2 is 1.71 bits per heavy atom. The second-order valence-corrected chi connectivity index (χ2v) is 9.84. The highest BCUT2D eigenvalue weighted by atomic mass is 16.6. The quantitative estimate of drug-likeness (QED) is 0.239. The van der Waals surface area contributed by atoms with E-state index in [9.17, 15) is 34.2 Å². The lowest BCUT2D eigenvalue weighted by Gasteiger charge is -2.51. The summed E-state index contributed by atoms with van der Waals surface area (Å²) < 4.78 is 5.17. The number of ether oxygens (including phenoxy) is 1. The van der Waals surface area contributed by atoms with Gasteiger partial charge in [0.2, 0.25) is 17.7 Å². The minimum atomic E-state index is -1.32. The lowest BCUT2D eigenvalue weighted by molar-refractivity contribution is -0.170. The van der Waals surface area contributed by atoms with Crippen molar-refractivity contribution in [2.75, 3.05) is 19.6 Å². The average Bonchev–Trinajstić information content (AvgIpc) is 3.13. The molecular weight excluding hydrogens is 450 g/mol. The van der Waals surface area contributed by atoms with Crippen LogP contribution in [0.3, 0.4) is 0 Å². The highest BCUT2D eigenvalue weighted by molar-refractivity contribution is 6.01. The normalized spacial score (nSPS) is 23.6. The van der Waals surface area contributed by atoms with E-state index < -0.39 is 65.2 Å². The first-order valence-corrected chi connectivity index (χ1v) is 11.1. The predicted molar refractivity (Wildman–Crippen MR) is 118 cm³/mol. The summed E-state index contributed by atoms with van der Waals surface area (Å²) in [5.74, 6) is -2.68. The van der Waals surface area contributed by atoms with Gasteiger partial charge in [-0.05, 0) is 47.5 Å². The minimum absolute atomic E-state index is 0.0693. The molecule has 0 bridgehead atoms. The zero-order chi connectivity index (χ0) is 26.0. The number of likely N-dealkylation sites (tertiary alicyclic amines) is 2. The fourth-order valence-corrected chi connectivity index (χ4v) is 4.19. The summed E-state index contributed by atoms with van der Waals surface area (Å²) in [5.41, 5.74) is 3.18. The summed E-state index contributed by atoms with van der Waals surface area (Å²) in [7, 11) is 0. The molecule has 5 amide bonds. The third kappa shape index (κ3) is 5.95. The van der Waals surface area contributed by atoms with Crippen LogP contribution in [-0.2, 0) is 23.9 Å². The van der Waals surface area contributed by atoms with Crippen LogP contribution in [0.25, 0.3) is 0 Å². The van der Waals surface area contributed by atoms with E-state index in [-0.39, 0.29) is 19.6 Å². The number of aliphatic hydroxyl groups is 2. The van der Waals surface area contributed by atoms with Gasteiger partial charge in [-0.2, -0.15) is 0 Å². The highest BCUT2D eigenvalue weighted by Gasteiger charge is 2.60. The first-order valence-electron chi connectivity index (χ1n) is 11.1. The number of carbonyl (C=O) groups is 5. The van der Waals surface area contributed by atoms with Gasteiger partial charge in [0.25, 0.3) is 5.91 Å². The maximum absolute atomic E-state index is 13.2. The third-order valence-electron chi connectivity index (χ3n) is 5.75. The van der Waals surface area contributed by atoms with Crippen LogP contribution in [0, 0.1) is 0 Å². The molecule has 2 fully saturated rings. The van der Waals surface area contributed by atoms with Gasteiger partial charge in [0.1, 0.15) is 23.2 Å². The van der Waals surface area contributed by atoms with Crippen molar-refractivity contribution in [1.82, 2.24) is 20.4 Å². The van der Waals surface area contributed by atoms with Crippen LogP contribution in [0.1, 0.15) is 47.5 Å². The summed E-state index contributed by atoms with van der Waals surface area (Å²) >= 11 is 0. The Kier molecular flexibility index (Phi) is 8.14. The molecule has 2 aliphatic rings. The Labute approximate surface area is 197 Å².